The highest BCUT2D eigenvalue weighted by Crippen LogP contribution is 2.38. The molecular formula is C21H18BrClN2O2. The van der Waals surface area contributed by atoms with Crippen molar-refractivity contribution in [3.05, 3.63) is 108 Å². The fraction of sp³-hybridized carbons (Fsp3) is 0.190. The Balaban J connectivity index is 2.03. The van der Waals surface area contributed by atoms with Crippen LogP contribution in [0.5, 0.6) is 0 Å². The number of nitrogens with zero attached hydrogens (tertiary/aromatic N) is 2. The standard InChI is InChI=1S/C21H18BrClN2O2/c1-25-13-15(8-11-21(25)26)20(24-27)12-18(14-6-9-16(22)10-7-14)17-4-2-3-5-19(17)23/h2-11,13,18,20H,12H2,1H3. The van der Waals surface area contributed by atoms with Crippen molar-refractivity contribution in [3.63, 3.8) is 0 Å². The van der Waals surface area contributed by atoms with Gasteiger partial charge < -0.3 is 4.57 Å². The van der Waals surface area contributed by atoms with Crippen molar-refractivity contribution in [2.75, 3.05) is 0 Å². The molecule has 2 aromatic carbocycles. The molecule has 0 spiro atoms. The van der Waals surface area contributed by atoms with Gasteiger partial charge in [-0.25, -0.2) is 0 Å². The summed E-state index contributed by atoms with van der Waals surface area (Å²) in [5.74, 6) is -0.105. The van der Waals surface area contributed by atoms with E-state index in [4.69, 9.17) is 11.6 Å². The minimum absolute atomic E-state index is 0.105. The second kappa shape index (κ2) is 8.63. The first-order valence-corrected chi connectivity index (χ1v) is 9.65. The molecule has 4 nitrogen and oxygen atoms in total. The molecule has 27 heavy (non-hydrogen) atoms. The Kier molecular flexibility index (Phi) is 6.24. The van der Waals surface area contributed by atoms with Crippen LogP contribution in [0.15, 0.2) is 81.3 Å². The normalized spacial score (nSPS) is 13.1. The van der Waals surface area contributed by atoms with Crippen LogP contribution >= 0.6 is 27.5 Å². The molecule has 0 saturated heterocycles. The van der Waals surface area contributed by atoms with E-state index in [2.05, 4.69) is 21.1 Å². The van der Waals surface area contributed by atoms with Gasteiger partial charge in [-0.05, 0) is 47.4 Å². The van der Waals surface area contributed by atoms with Crippen LogP contribution in [0.2, 0.25) is 5.02 Å². The van der Waals surface area contributed by atoms with Gasteiger partial charge in [-0.15, -0.1) is 0 Å². The van der Waals surface area contributed by atoms with Crippen molar-refractivity contribution < 1.29 is 0 Å². The lowest BCUT2D eigenvalue weighted by Crippen LogP contribution is -2.16. The number of aryl methyl sites for hydroxylation is 1. The van der Waals surface area contributed by atoms with Gasteiger partial charge in [-0.2, -0.15) is 4.91 Å². The maximum atomic E-state index is 11.7. The summed E-state index contributed by atoms with van der Waals surface area (Å²) in [6, 6.07) is 18.1. The fourth-order valence-electron chi connectivity index (χ4n) is 3.17. The molecule has 0 aliphatic heterocycles. The summed E-state index contributed by atoms with van der Waals surface area (Å²) in [6.45, 7) is 0. The summed E-state index contributed by atoms with van der Waals surface area (Å²) < 4.78 is 2.43. The number of aromatic nitrogens is 1. The zero-order chi connectivity index (χ0) is 19.4. The Morgan fingerprint density at radius 3 is 2.33 bits per heavy atom. The number of halogens is 2. The number of pyridine rings is 1. The lowest BCUT2D eigenvalue weighted by atomic mass is 9.84. The molecular weight excluding hydrogens is 428 g/mol. The second-order valence-electron chi connectivity index (χ2n) is 6.39. The lowest BCUT2D eigenvalue weighted by molar-refractivity contribution is 0.588. The SMILES string of the molecule is Cn1cc(C(CC(c2ccc(Br)cc2)c2ccccc2Cl)N=O)ccc1=O. The molecule has 0 bridgehead atoms. The maximum Gasteiger partial charge on any atom is 0.250 e. The number of hydrogen-bond donors (Lipinski definition) is 0. The van der Waals surface area contributed by atoms with E-state index < -0.39 is 6.04 Å². The molecule has 0 saturated carbocycles. The van der Waals surface area contributed by atoms with Crippen molar-refractivity contribution >= 4 is 27.5 Å². The van der Waals surface area contributed by atoms with E-state index in [0.717, 1.165) is 15.6 Å². The Morgan fingerprint density at radius 2 is 1.70 bits per heavy atom. The summed E-state index contributed by atoms with van der Waals surface area (Å²) >= 11 is 9.91. The van der Waals surface area contributed by atoms with Crippen LogP contribution in [0, 0.1) is 4.91 Å². The van der Waals surface area contributed by atoms with Crippen molar-refractivity contribution in [1.82, 2.24) is 4.57 Å². The molecule has 0 amide bonds. The van der Waals surface area contributed by atoms with E-state index in [9.17, 15) is 9.70 Å². The van der Waals surface area contributed by atoms with Crippen LogP contribution in [0.1, 0.15) is 35.1 Å². The van der Waals surface area contributed by atoms with Gasteiger partial charge in [0.2, 0.25) is 5.56 Å². The van der Waals surface area contributed by atoms with Crippen LogP contribution in [0.25, 0.3) is 0 Å². The Morgan fingerprint density at radius 1 is 1.04 bits per heavy atom. The summed E-state index contributed by atoms with van der Waals surface area (Å²) in [6.07, 6.45) is 2.12. The lowest BCUT2D eigenvalue weighted by Gasteiger charge is -2.22. The zero-order valence-corrected chi connectivity index (χ0v) is 17.0. The highest BCUT2D eigenvalue weighted by Gasteiger charge is 2.24. The molecule has 3 rings (SSSR count). The number of rotatable bonds is 6. The molecule has 138 valence electrons. The largest absolute Gasteiger partial charge is 0.318 e. The molecule has 1 heterocycles. The molecule has 3 aromatic rings. The van der Waals surface area contributed by atoms with Gasteiger partial charge in [-0.1, -0.05) is 63.0 Å². The second-order valence-corrected chi connectivity index (χ2v) is 7.72. The van der Waals surface area contributed by atoms with Crippen molar-refractivity contribution in [3.8, 4) is 0 Å². The molecule has 0 fully saturated rings. The third kappa shape index (κ3) is 4.54. The first kappa shape index (κ1) is 19.5. The fourth-order valence-corrected chi connectivity index (χ4v) is 3.70. The van der Waals surface area contributed by atoms with Crippen molar-refractivity contribution in [2.45, 2.75) is 18.4 Å². The van der Waals surface area contributed by atoms with Gasteiger partial charge in [-0.3, -0.25) is 4.79 Å². The maximum absolute atomic E-state index is 11.7. The molecule has 0 N–H and O–H groups in total. The first-order chi connectivity index (χ1) is 13.0. The van der Waals surface area contributed by atoms with E-state index >= 15 is 0 Å². The van der Waals surface area contributed by atoms with Gasteiger partial charge in [0.1, 0.15) is 6.04 Å². The summed E-state index contributed by atoms with van der Waals surface area (Å²) in [5, 5.41) is 4.00. The molecule has 2 atom stereocenters. The first-order valence-electron chi connectivity index (χ1n) is 8.48. The molecule has 1 aromatic heterocycles. The van der Waals surface area contributed by atoms with Gasteiger partial charge in [0.15, 0.2) is 0 Å². The number of benzene rings is 2. The summed E-state index contributed by atoms with van der Waals surface area (Å²) in [4.78, 5) is 23.3. The quantitative estimate of drug-likeness (QED) is 0.448. The van der Waals surface area contributed by atoms with E-state index in [1.807, 2.05) is 48.5 Å². The third-order valence-electron chi connectivity index (χ3n) is 4.63. The summed E-state index contributed by atoms with van der Waals surface area (Å²) in [7, 11) is 1.66. The number of hydrogen-bond acceptors (Lipinski definition) is 3. The highest BCUT2D eigenvalue weighted by molar-refractivity contribution is 9.10. The Labute approximate surface area is 170 Å². The van der Waals surface area contributed by atoms with E-state index in [1.165, 1.54) is 10.6 Å². The highest BCUT2D eigenvalue weighted by atomic mass is 79.9. The van der Waals surface area contributed by atoms with Crippen LogP contribution in [0.4, 0.5) is 0 Å². The topological polar surface area (TPSA) is 51.4 Å². The van der Waals surface area contributed by atoms with Gasteiger partial charge in [0, 0.05) is 34.7 Å². The van der Waals surface area contributed by atoms with Crippen LogP contribution in [0.3, 0.4) is 0 Å². The Hall–Kier alpha value is -2.24. The van der Waals surface area contributed by atoms with Gasteiger partial charge in [0.05, 0.1) is 0 Å². The van der Waals surface area contributed by atoms with E-state index in [0.29, 0.717) is 17.0 Å². The Bertz CT molecular complexity index is 1000. The van der Waals surface area contributed by atoms with E-state index in [-0.39, 0.29) is 11.5 Å². The van der Waals surface area contributed by atoms with Crippen molar-refractivity contribution in [2.24, 2.45) is 12.2 Å². The zero-order valence-electron chi connectivity index (χ0n) is 14.7. The molecule has 0 radical (unpaired) electrons. The molecule has 0 aliphatic carbocycles. The molecule has 0 aliphatic rings. The monoisotopic (exact) mass is 444 g/mol. The van der Waals surface area contributed by atoms with Gasteiger partial charge in [0.25, 0.3) is 0 Å². The van der Waals surface area contributed by atoms with E-state index in [1.54, 1.807) is 19.3 Å². The number of nitroso groups, excluding NO2 is 1. The smallest absolute Gasteiger partial charge is 0.250 e. The summed E-state index contributed by atoms with van der Waals surface area (Å²) in [5.41, 5.74) is 2.57. The van der Waals surface area contributed by atoms with Crippen molar-refractivity contribution in [1.29, 1.82) is 0 Å². The average Bonchev–Trinajstić information content (AvgIpc) is 2.67. The van der Waals surface area contributed by atoms with Crippen LogP contribution in [-0.2, 0) is 7.05 Å². The average molecular weight is 446 g/mol. The minimum atomic E-state index is -0.596. The van der Waals surface area contributed by atoms with Crippen LogP contribution < -0.4 is 5.56 Å². The van der Waals surface area contributed by atoms with Gasteiger partial charge >= 0.3 is 0 Å². The predicted octanol–water partition coefficient (Wildman–Crippen LogP) is 5.83. The van der Waals surface area contributed by atoms with Crippen LogP contribution in [-0.4, -0.2) is 4.57 Å². The minimum Gasteiger partial charge on any atom is -0.318 e. The third-order valence-corrected chi connectivity index (χ3v) is 5.51. The molecule has 6 heteroatoms. The predicted molar refractivity (Wildman–Crippen MR) is 112 cm³/mol. The molecule has 2 unspecified atom stereocenters.